The second-order valence-corrected chi connectivity index (χ2v) is 6.09. The van der Waals surface area contributed by atoms with Crippen LogP contribution in [0.1, 0.15) is 29.6 Å². The Morgan fingerprint density at radius 1 is 1.33 bits per heavy atom. The van der Waals surface area contributed by atoms with Crippen LogP contribution >= 0.6 is 11.3 Å². The lowest BCUT2D eigenvalue weighted by molar-refractivity contribution is 0.183. The fourth-order valence-electron chi connectivity index (χ4n) is 1.80. The van der Waals surface area contributed by atoms with Crippen LogP contribution in [0.4, 0.5) is 0 Å². The first-order valence-corrected chi connectivity index (χ1v) is 8.03. The minimum absolute atomic E-state index is 0.258. The van der Waals surface area contributed by atoms with Crippen LogP contribution in [0.2, 0.25) is 0 Å². The van der Waals surface area contributed by atoms with E-state index in [0.717, 1.165) is 36.0 Å². The fraction of sp³-hybridized carbons (Fsp3) is 0.438. The number of aryl methyl sites for hydroxylation is 1. The van der Waals surface area contributed by atoms with Crippen molar-refractivity contribution in [2.75, 3.05) is 6.54 Å². The van der Waals surface area contributed by atoms with E-state index in [2.05, 4.69) is 17.2 Å². The number of hydrogen-bond donors (Lipinski definition) is 2. The molecule has 0 fully saturated rings. The van der Waals surface area contributed by atoms with Gasteiger partial charge in [-0.15, -0.1) is 11.3 Å². The lowest BCUT2D eigenvalue weighted by atomic mass is 10.2. The standard InChI is InChI=1S/C16H22N2O2S/c1-12-3-5-15(6-4-12)20-10-16-18-14(11-21-16)9-17-8-7-13(2)19/h3-6,11,13,17,19H,7-10H2,1-2H3. The summed E-state index contributed by atoms with van der Waals surface area (Å²) in [7, 11) is 0. The fourth-order valence-corrected chi connectivity index (χ4v) is 2.51. The van der Waals surface area contributed by atoms with Crippen molar-refractivity contribution in [3.63, 3.8) is 0 Å². The van der Waals surface area contributed by atoms with Gasteiger partial charge in [-0.2, -0.15) is 0 Å². The number of rotatable bonds is 8. The third-order valence-corrected chi connectivity index (χ3v) is 3.90. The number of nitrogens with zero attached hydrogens (tertiary/aromatic N) is 1. The van der Waals surface area contributed by atoms with Crippen molar-refractivity contribution in [1.29, 1.82) is 0 Å². The zero-order valence-electron chi connectivity index (χ0n) is 12.5. The number of aromatic nitrogens is 1. The van der Waals surface area contributed by atoms with Crippen molar-refractivity contribution in [1.82, 2.24) is 10.3 Å². The normalized spacial score (nSPS) is 12.3. The molecule has 1 aromatic carbocycles. The predicted molar refractivity (Wildman–Crippen MR) is 85.6 cm³/mol. The van der Waals surface area contributed by atoms with E-state index < -0.39 is 0 Å². The molecule has 0 aliphatic carbocycles. The van der Waals surface area contributed by atoms with Crippen molar-refractivity contribution < 1.29 is 9.84 Å². The molecule has 1 heterocycles. The summed E-state index contributed by atoms with van der Waals surface area (Å²) < 4.78 is 5.71. The number of ether oxygens (including phenoxy) is 1. The van der Waals surface area contributed by atoms with Crippen LogP contribution in [0.15, 0.2) is 29.6 Å². The summed E-state index contributed by atoms with van der Waals surface area (Å²) in [5.74, 6) is 0.868. The maximum Gasteiger partial charge on any atom is 0.140 e. The molecule has 5 heteroatoms. The molecule has 2 aromatic rings. The highest BCUT2D eigenvalue weighted by Gasteiger charge is 2.03. The van der Waals surface area contributed by atoms with E-state index in [1.54, 1.807) is 18.3 Å². The van der Waals surface area contributed by atoms with Crippen LogP contribution in [0, 0.1) is 6.92 Å². The zero-order chi connectivity index (χ0) is 15.1. The van der Waals surface area contributed by atoms with Crippen LogP contribution < -0.4 is 10.1 Å². The zero-order valence-corrected chi connectivity index (χ0v) is 13.3. The summed E-state index contributed by atoms with van der Waals surface area (Å²) in [6, 6.07) is 8.02. The smallest absolute Gasteiger partial charge is 0.140 e. The van der Waals surface area contributed by atoms with Gasteiger partial charge in [-0.05, 0) is 38.9 Å². The monoisotopic (exact) mass is 306 g/mol. The lowest BCUT2D eigenvalue weighted by Crippen LogP contribution is -2.18. The summed E-state index contributed by atoms with van der Waals surface area (Å²) in [6.45, 7) is 5.88. The molecule has 4 nitrogen and oxygen atoms in total. The second kappa shape index (κ2) is 8.12. The summed E-state index contributed by atoms with van der Waals surface area (Å²) in [4.78, 5) is 4.53. The molecule has 2 rings (SSSR count). The number of benzene rings is 1. The van der Waals surface area contributed by atoms with Gasteiger partial charge in [0.1, 0.15) is 17.4 Å². The number of hydrogen-bond acceptors (Lipinski definition) is 5. The first-order chi connectivity index (χ1) is 10.1. The molecule has 21 heavy (non-hydrogen) atoms. The summed E-state index contributed by atoms with van der Waals surface area (Å²) in [6.07, 6.45) is 0.500. The van der Waals surface area contributed by atoms with E-state index in [9.17, 15) is 5.11 Å². The molecule has 1 atom stereocenters. The van der Waals surface area contributed by atoms with Gasteiger partial charge >= 0.3 is 0 Å². The third kappa shape index (κ3) is 5.83. The molecule has 0 radical (unpaired) electrons. The maximum absolute atomic E-state index is 9.18. The Balaban J connectivity index is 1.73. The van der Waals surface area contributed by atoms with Crippen molar-refractivity contribution in [3.05, 3.63) is 45.9 Å². The van der Waals surface area contributed by atoms with Crippen molar-refractivity contribution >= 4 is 11.3 Å². The Bertz CT molecular complexity index is 537. The third-order valence-electron chi connectivity index (χ3n) is 3.03. The van der Waals surface area contributed by atoms with Crippen LogP contribution in [-0.4, -0.2) is 22.7 Å². The Morgan fingerprint density at radius 2 is 2.10 bits per heavy atom. The first-order valence-electron chi connectivity index (χ1n) is 7.15. The maximum atomic E-state index is 9.18. The predicted octanol–water partition coefficient (Wildman–Crippen LogP) is 2.89. The number of thiazole rings is 1. The minimum Gasteiger partial charge on any atom is -0.486 e. The van der Waals surface area contributed by atoms with E-state index in [4.69, 9.17) is 4.74 Å². The van der Waals surface area contributed by atoms with Gasteiger partial charge in [0.25, 0.3) is 0 Å². The van der Waals surface area contributed by atoms with Gasteiger partial charge in [0.15, 0.2) is 0 Å². The highest BCUT2D eigenvalue weighted by Crippen LogP contribution is 2.16. The molecule has 114 valence electrons. The average Bonchev–Trinajstić information content (AvgIpc) is 2.91. The van der Waals surface area contributed by atoms with Gasteiger partial charge in [0.05, 0.1) is 11.8 Å². The van der Waals surface area contributed by atoms with Gasteiger partial charge in [-0.3, -0.25) is 0 Å². The Labute approximate surface area is 129 Å². The minimum atomic E-state index is -0.258. The molecule has 2 N–H and O–H groups in total. The molecule has 0 saturated carbocycles. The lowest BCUT2D eigenvalue weighted by Gasteiger charge is -2.05. The van der Waals surface area contributed by atoms with Crippen LogP contribution in [0.3, 0.4) is 0 Å². The molecule has 0 aliphatic heterocycles. The van der Waals surface area contributed by atoms with Gasteiger partial charge < -0.3 is 15.2 Å². The SMILES string of the molecule is Cc1ccc(OCc2nc(CNCCC(C)O)cs2)cc1. The molecule has 0 bridgehead atoms. The molecule has 0 spiro atoms. The van der Waals surface area contributed by atoms with Crippen LogP contribution in [0.5, 0.6) is 5.75 Å². The Morgan fingerprint density at radius 3 is 2.81 bits per heavy atom. The second-order valence-electron chi connectivity index (χ2n) is 5.15. The van der Waals surface area contributed by atoms with Gasteiger partial charge in [0, 0.05) is 11.9 Å². The average molecular weight is 306 g/mol. The topological polar surface area (TPSA) is 54.4 Å². The van der Waals surface area contributed by atoms with E-state index in [0.29, 0.717) is 6.61 Å². The molecule has 1 aromatic heterocycles. The van der Waals surface area contributed by atoms with Crippen LogP contribution in [0.25, 0.3) is 0 Å². The van der Waals surface area contributed by atoms with Crippen molar-refractivity contribution in [3.8, 4) is 5.75 Å². The highest BCUT2D eigenvalue weighted by atomic mass is 32.1. The Kier molecular flexibility index (Phi) is 6.17. The van der Waals surface area contributed by atoms with Gasteiger partial charge in [-0.25, -0.2) is 4.98 Å². The summed E-state index contributed by atoms with van der Waals surface area (Å²) in [5.41, 5.74) is 2.25. The summed E-state index contributed by atoms with van der Waals surface area (Å²) >= 11 is 1.61. The van der Waals surface area contributed by atoms with Crippen molar-refractivity contribution in [2.45, 2.75) is 39.5 Å². The van der Waals surface area contributed by atoms with E-state index in [1.165, 1.54) is 5.56 Å². The van der Waals surface area contributed by atoms with Gasteiger partial charge in [-0.1, -0.05) is 17.7 Å². The van der Waals surface area contributed by atoms with E-state index in [-0.39, 0.29) is 6.10 Å². The molecule has 0 aliphatic rings. The largest absolute Gasteiger partial charge is 0.486 e. The van der Waals surface area contributed by atoms with Crippen molar-refractivity contribution in [2.24, 2.45) is 0 Å². The van der Waals surface area contributed by atoms with Crippen LogP contribution in [-0.2, 0) is 13.2 Å². The molecular formula is C16H22N2O2S. The molecule has 0 saturated heterocycles. The molecule has 1 unspecified atom stereocenters. The molecular weight excluding hydrogens is 284 g/mol. The quantitative estimate of drug-likeness (QED) is 0.736. The van der Waals surface area contributed by atoms with E-state index in [1.807, 2.05) is 29.6 Å². The number of nitrogens with one attached hydrogen (secondary N) is 1. The van der Waals surface area contributed by atoms with E-state index >= 15 is 0 Å². The first kappa shape index (κ1) is 15.9. The number of aliphatic hydroxyl groups is 1. The Hall–Kier alpha value is -1.43. The number of aliphatic hydroxyl groups excluding tert-OH is 1. The summed E-state index contributed by atoms with van der Waals surface area (Å²) in [5, 5.41) is 15.5. The van der Waals surface area contributed by atoms with Gasteiger partial charge in [0.2, 0.25) is 0 Å². The highest BCUT2D eigenvalue weighted by molar-refractivity contribution is 7.09. The molecule has 0 amide bonds.